The summed E-state index contributed by atoms with van der Waals surface area (Å²) in [6, 6.07) is 0.0740. The number of aryl methyl sites for hydroxylation is 1. The van der Waals surface area contributed by atoms with E-state index in [2.05, 4.69) is 9.97 Å². The summed E-state index contributed by atoms with van der Waals surface area (Å²) in [7, 11) is 0. The Bertz CT molecular complexity index is 646. The highest BCUT2D eigenvalue weighted by Crippen LogP contribution is 2.33. The smallest absolute Gasteiger partial charge is 0.224 e. The highest BCUT2D eigenvalue weighted by atomic mass is 16.5. The van der Waals surface area contributed by atoms with Gasteiger partial charge in [-0.15, -0.1) is 0 Å². The molecule has 0 aromatic carbocycles. The maximum Gasteiger partial charge on any atom is 0.224 e. The minimum Gasteiger partial charge on any atom is -0.477 e. The van der Waals surface area contributed by atoms with Gasteiger partial charge in [0.15, 0.2) is 0 Å². The molecule has 0 saturated heterocycles. The Morgan fingerprint density at radius 2 is 2.17 bits per heavy atom. The molecule has 5 nitrogen and oxygen atoms in total. The summed E-state index contributed by atoms with van der Waals surface area (Å²) >= 11 is 0. The largest absolute Gasteiger partial charge is 0.477 e. The van der Waals surface area contributed by atoms with Crippen molar-refractivity contribution in [1.82, 2.24) is 14.9 Å². The Kier molecular flexibility index (Phi) is 6.12. The molecule has 5 heteroatoms. The van der Waals surface area contributed by atoms with Crippen LogP contribution in [-0.2, 0) is 4.79 Å². The van der Waals surface area contributed by atoms with E-state index >= 15 is 0 Å². The number of hydrogen-bond acceptors (Lipinski definition) is 4. The molecule has 0 aliphatic heterocycles. The highest BCUT2D eigenvalue weighted by molar-refractivity contribution is 5.80. The fraction of sp³-hybridized carbons (Fsp3) is 0.526. The molecule has 0 atom stereocenters. The zero-order valence-corrected chi connectivity index (χ0v) is 15.2. The van der Waals surface area contributed by atoms with Gasteiger partial charge in [-0.05, 0) is 53.4 Å². The number of carbonyl (C=O) groups is 1. The molecule has 0 N–H and O–H groups in total. The minimum absolute atomic E-state index is 0.0740. The van der Waals surface area contributed by atoms with Crippen molar-refractivity contribution < 1.29 is 9.53 Å². The van der Waals surface area contributed by atoms with Gasteiger partial charge in [-0.3, -0.25) is 4.79 Å². The molecule has 2 rings (SSSR count). The number of hydrogen-bond donors (Lipinski definition) is 0. The molecule has 1 aromatic heterocycles. The van der Waals surface area contributed by atoms with Crippen LogP contribution in [0.1, 0.15) is 51.9 Å². The van der Waals surface area contributed by atoms with Crippen molar-refractivity contribution in [3.63, 3.8) is 0 Å². The number of nitrogens with zero attached hydrogens (tertiary/aromatic N) is 3. The highest BCUT2D eigenvalue weighted by Gasteiger charge is 2.24. The van der Waals surface area contributed by atoms with Crippen LogP contribution in [0.4, 0.5) is 0 Å². The zero-order valence-electron chi connectivity index (χ0n) is 15.2. The molecule has 1 aliphatic rings. The van der Waals surface area contributed by atoms with E-state index in [4.69, 9.17) is 4.74 Å². The van der Waals surface area contributed by atoms with Gasteiger partial charge in [0.2, 0.25) is 12.3 Å². The Labute approximate surface area is 144 Å². The fourth-order valence-electron chi connectivity index (χ4n) is 2.52. The maximum absolute atomic E-state index is 11.5. The molecule has 0 unspecified atom stereocenters. The number of amides is 1. The fourth-order valence-corrected chi connectivity index (χ4v) is 2.52. The number of carbonyl (C=O) groups excluding carboxylic acids is 1. The van der Waals surface area contributed by atoms with Crippen LogP contribution in [0.15, 0.2) is 24.0 Å². The summed E-state index contributed by atoms with van der Waals surface area (Å²) in [5, 5.41) is 0. The number of allylic oxidation sites excluding steroid dienone is 4. The van der Waals surface area contributed by atoms with Crippen LogP contribution in [0.25, 0.3) is 5.57 Å². The average molecular weight is 329 g/mol. The van der Waals surface area contributed by atoms with Gasteiger partial charge in [-0.1, -0.05) is 12.2 Å². The van der Waals surface area contributed by atoms with Crippen LogP contribution in [0, 0.1) is 12.8 Å². The lowest BCUT2D eigenvalue weighted by molar-refractivity contribution is -0.117. The van der Waals surface area contributed by atoms with Crippen molar-refractivity contribution in [3.8, 4) is 5.88 Å². The SMILES string of the molecule is C/C=C\C(=C(\C)N(C=O)C(C)C)c1cnc(C)nc1OCC1CC1. The van der Waals surface area contributed by atoms with Gasteiger partial charge < -0.3 is 9.64 Å². The third-order valence-electron chi connectivity index (χ3n) is 4.10. The van der Waals surface area contributed by atoms with Crippen LogP contribution in [-0.4, -0.2) is 33.9 Å². The van der Waals surface area contributed by atoms with E-state index in [1.807, 2.05) is 46.8 Å². The lowest BCUT2D eigenvalue weighted by Crippen LogP contribution is -2.28. The summed E-state index contributed by atoms with van der Waals surface area (Å²) < 4.78 is 5.97. The monoisotopic (exact) mass is 329 g/mol. The van der Waals surface area contributed by atoms with Gasteiger partial charge in [-0.25, -0.2) is 4.98 Å². The normalized spacial score (nSPS) is 15.6. The van der Waals surface area contributed by atoms with Gasteiger partial charge in [-0.2, -0.15) is 4.98 Å². The average Bonchev–Trinajstić information content (AvgIpc) is 3.35. The number of ether oxygens (including phenoxy) is 1. The van der Waals surface area contributed by atoms with Crippen molar-refractivity contribution in [2.75, 3.05) is 6.61 Å². The summed E-state index contributed by atoms with van der Waals surface area (Å²) in [4.78, 5) is 22.0. The molecule has 0 radical (unpaired) electrons. The van der Waals surface area contributed by atoms with Crippen LogP contribution >= 0.6 is 0 Å². The van der Waals surface area contributed by atoms with Crippen LogP contribution < -0.4 is 4.74 Å². The van der Waals surface area contributed by atoms with E-state index in [1.54, 1.807) is 11.1 Å². The summed E-state index contributed by atoms with van der Waals surface area (Å²) in [5.41, 5.74) is 2.59. The van der Waals surface area contributed by atoms with Gasteiger partial charge in [0.05, 0.1) is 12.2 Å². The zero-order chi connectivity index (χ0) is 17.7. The van der Waals surface area contributed by atoms with Gasteiger partial charge >= 0.3 is 0 Å². The lowest BCUT2D eigenvalue weighted by atomic mass is 10.0. The first-order valence-corrected chi connectivity index (χ1v) is 8.52. The predicted octanol–water partition coefficient (Wildman–Crippen LogP) is 3.75. The predicted molar refractivity (Wildman–Crippen MR) is 95.4 cm³/mol. The molecule has 24 heavy (non-hydrogen) atoms. The first-order valence-electron chi connectivity index (χ1n) is 8.52. The van der Waals surface area contributed by atoms with E-state index in [0.29, 0.717) is 24.2 Å². The topological polar surface area (TPSA) is 55.3 Å². The van der Waals surface area contributed by atoms with Crippen molar-refractivity contribution in [2.45, 2.75) is 53.5 Å². The van der Waals surface area contributed by atoms with E-state index in [-0.39, 0.29) is 6.04 Å². The summed E-state index contributed by atoms with van der Waals surface area (Å²) in [6.45, 7) is 10.4. The molecular weight excluding hydrogens is 302 g/mol. The molecule has 1 heterocycles. The Morgan fingerprint density at radius 1 is 1.46 bits per heavy atom. The molecular formula is C19H27N3O2. The van der Waals surface area contributed by atoms with Gasteiger partial charge in [0.25, 0.3) is 0 Å². The van der Waals surface area contributed by atoms with E-state index < -0.39 is 0 Å². The Balaban J connectivity index is 2.47. The standard InChI is InChI=1S/C19H27N3O2/c1-6-7-17(14(4)22(12-23)13(2)3)18-10-20-15(5)21-19(18)24-11-16-8-9-16/h6-7,10,12-13,16H,8-9,11H2,1-5H3/b7-6-,17-14+. The molecule has 1 aliphatic carbocycles. The van der Waals surface area contributed by atoms with Crippen molar-refractivity contribution in [3.05, 3.63) is 35.4 Å². The number of rotatable bonds is 8. The van der Waals surface area contributed by atoms with E-state index in [9.17, 15) is 4.79 Å². The molecule has 130 valence electrons. The van der Waals surface area contributed by atoms with E-state index in [0.717, 1.165) is 23.2 Å². The number of aromatic nitrogens is 2. The van der Waals surface area contributed by atoms with Crippen molar-refractivity contribution in [1.29, 1.82) is 0 Å². The van der Waals surface area contributed by atoms with Crippen LogP contribution in [0.5, 0.6) is 5.88 Å². The Hall–Kier alpha value is -2.17. The molecule has 0 spiro atoms. The van der Waals surface area contributed by atoms with Gasteiger partial charge in [0.1, 0.15) is 5.82 Å². The second kappa shape index (κ2) is 8.08. The molecule has 1 aromatic rings. The summed E-state index contributed by atoms with van der Waals surface area (Å²) in [5.74, 6) is 1.92. The Morgan fingerprint density at radius 3 is 2.71 bits per heavy atom. The van der Waals surface area contributed by atoms with Crippen LogP contribution in [0.2, 0.25) is 0 Å². The van der Waals surface area contributed by atoms with Crippen molar-refractivity contribution in [2.24, 2.45) is 5.92 Å². The second-order valence-corrected chi connectivity index (χ2v) is 6.50. The molecule has 1 amide bonds. The quantitative estimate of drug-likeness (QED) is 0.538. The first kappa shape index (κ1) is 18.2. The molecule has 0 bridgehead atoms. The maximum atomic E-state index is 11.5. The third kappa shape index (κ3) is 4.43. The first-order chi connectivity index (χ1) is 11.5. The van der Waals surface area contributed by atoms with Crippen LogP contribution in [0.3, 0.4) is 0 Å². The molecule has 1 fully saturated rings. The molecule has 1 saturated carbocycles. The van der Waals surface area contributed by atoms with Crippen molar-refractivity contribution >= 4 is 12.0 Å². The minimum atomic E-state index is 0.0740. The van der Waals surface area contributed by atoms with E-state index in [1.165, 1.54) is 12.8 Å². The second-order valence-electron chi connectivity index (χ2n) is 6.50. The third-order valence-corrected chi connectivity index (χ3v) is 4.10. The summed E-state index contributed by atoms with van der Waals surface area (Å²) in [6.07, 6.45) is 9.03. The lowest BCUT2D eigenvalue weighted by Gasteiger charge is -2.25. The van der Waals surface area contributed by atoms with Gasteiger partial charge in [0, 0.05) is 23.5 Å².